The SMILES string of the molecule is CCCC1CCC(N2CC(CO)CC2=O)CC1. The van der Waals surface area contributed by atoms with E-state index in [1.807, 2.05) is 4.90 Å². The number of hydrogen-bond donors (Lipinski definition) is 1. The molecule has 0 aromatic rings. The number of aliphatic hydroxyl groups excluding tert-OH is 1. The summed E-state index contributed by atoms with van der Waals surface area (Å²) < 4.78 is 0. The average Bonchev–Trinajstić information content (AvgIpc) is 2.72. The zero-order valence-electron chi connectivity index (χ0n) is 10.9. The normalized spacial score (nSPS) is 34.4. The Hall–Kier alpha value is -0.570. The molecule has 0 bridgehead atoms. The molecular formula is C14H25NO2. The van der Waals surface area contributed by atoms with Gasteiger partial charge in [0.2, 0.25) is 5.91 Å². The summed E-state index contributed by atoms with van der Waals surface area (Å²) in [6, 6.07) is 0.465. The maximum absolute atomic E-state index is 11.9. The molecule has 3 heteroatoms. The van der Waals surface area contributed by atoms with Gasteiger partial charge in [0.15, 0.2) is 0 Å². The molecule has 0 aromatic heterocycles. The van der Waals surface area contributed by atoms with Gasteiger partial charge < -0.3 is 10.0 Å². The van der Waals surface area contributed by atoms with Gasteiger partial charge in [-0.1, -0.05) is 19.8 Å². The third-order valence-electron chi connectivity index (χ3n) is 4.45. The summed E-state index contributed by atoms with van der Waals surface area (Å²) in [4.78, 5) is 13.9. The third-order valence-corrected chi connectivity index (χ3v) is 4.45. The number of likely N-dealkylation sites (tertiary alicyclic amines) is 1. The van der Waals surface area contributed by atoms with Crippen molar-refractivity contribution in [2.45, 2.75) is 57.9 Å². The predicted octanol–water partition coefficient (Wildman–Crippen LogP) is 2.19. The first-order valence-electron chi connectivity index (χ1n) is 7.15. The van der Waals surface area contributed by atoms with Gasteiger partial charge in [-0.2, -0.15) is 0 Å². The van der Waals surface area contributed by atoms with Crippen LogP contribution in [0.5, 0.6) is 0 Å². The molecule has 1 saturated heterocycles. The van der Waals surface area contributed by atoms with Crippen molar-refractivity contribution < 1.29 is 9.90 Å². The van der Waals surface area contributed by atoms with Crippen LogP contribution in [0.15, 0.2) is 0 Å². The number of hydrogen-bond acceptors (Lipinski definition) is 2. The van der Waals surface area contributed by atoms with Crippen molar-refractivity contribution in [1.82, 2.24) is 4.90 Å². The van der Waals surface area contributed by atoms with Crippen LogP contribution < -0.4 is 0 Å². The molecule has 1 N–H and O–H groups in total. The largest absolute Gasteiger partial charge is 0.396 e. The highest BCUT2D eigenvalue weighted by Crippen LogP contribution is 2.33. The molecule has 1 atom stereocenters. The summed E-state index contributed by atoms with van der Waals surface area (Å²) in [5.74, 6) is 1.35. The summed E-state index contributed by atoms with van der Waals surface area (Å²) in [7, 11) is 0. The van der Waals surface area contributed by atoms with E-state index < -0.39 is 0 Å². The fourth-order valence-electron chi connectivity index (χ4n) is 3.44. The molecule has 98 valence electrons. The van der Waals surface area contributed by atoms with Crippen molar-refractivity contribution in [3.05, 3.63) is 0 Å². The minimum atomic E-state index is 0.160. The van der Waals surface area contributed by atoms with Crippen LogP contribution in [-0.4, -0.2) is 35.1 Å². The van der Waals surface area contributed by atoms with Gasteiger partial charge in [0.25, 0.3) is 0 Å². The maximum Gasteiger partial charge on any atom is 0.223 e. The predicted molar refractivity (Wildman–Crippen MR) is 67.6 cm³/mol. The minimum Gasteiger partial charge on any atom is -0.396 e. The van der Waals surface area contributed by atoms with Crippen molar-refractivity contribution in [3.8, 4) is 0 Å². The number of rotatable bonds is 4. The van der Waals surface area contributed by atoms with E-state index in [1.165, 1.54) is 38.5 Å². The number of carbonyl (C=O) groups excluding carboxylic acids is 1. The summed E-state index contributed by atoms with van der Waals surface area (Å²) in [6.45, 7) is 3.20. The van der Waals surface area contributed by atoms with Crippen LogP contribution in [0.1, 0.15) is 51.9 Å². The third kappa shape index (κ3) is 3.01. The molecule has 1 aliphatic carbocycles. The number of carbonyl (C=O) groups is 1. The summed E-state index contributed by atoms with van der Waals surface area (Å²) in [5, 5.41) is 9.13. The van der Waals surface area contributed by atoms with Crippen LogP contribution in [0.4, 0.5) is 0 Å². The van der Waals surface area contributed by atoms with Gasteiger partial charge in [0.05, 0.1) is 0 Å². The van der Waals surface area contributed by atoms with Gasteiger partial charge >= 0.3 is 0 Å². The lowest BCUT2D eigenvalue weighted by molar-refractivity contribution is -0.130. The lowest BCUT2D eigenvalue weighted by atomic mass is 9.83. The van der Waals surface area contributed by atoms with Gasteiger partial charge in [0, 0.05) is 31.5 Å². The number of amides is 1. The standard InChI is InChI=1S/C14H25NO2/c1-2-3-11-4-6-13(7-5-11)15-9-12(10-16)8-14(15)17/h11-13,16H,2-10H2,1H3. The Morgan fingerprint density at radius 2 is 1.94 bits per heavy atom. The van der Waals surface area contributed by atoms with Crippen molar-refractivity contribution >= 4 is 5.91 Å². The van der Waals surface area contributed by atoms with Gasteiger partial charge in [-0.05, 0) is 31.6 Å². The van der Waals surface area contributed by atoms with Crippen molar-refractivity contribution in [2.24, 2.45) is 11.8 Å². The fourth-order valence-corrected chi connectivity index (χ4v) is 3.44. The topological polar surface area (TPSA) is 40.5 Å². The Bertz CT molecular complexity index is 259. The molecule has 2 rings (SSSR count). The molecule has 1 aliphatic heterocycles. The monoisotopic (exact) mass is 239 g/mol. The second-order valence-corrected chi connectivity index (χ2v) is 5.76. The lowest BCUT2D eigenvalue weighted by Gasteiger charge is -2.34. The first kappa shape index (κ1) is 12.9. The van der Waals surface area contributed by atoms with Crippen LogP contribution in [0, 0.1) is 11.8 Å². The summed E-state index contributed by atoms with van der Waals surface area (Å²) in [6.07, 6.45) is 8.11. The average molecular weight is 239 g/mol. The van der Waals surface area contributed by atoms with E-state index in [-0.39, 0.29) is 18.4 Å². The molecule has 2 aliphatic rings. The Labute approximate surface area is 104 Å². The molecule has 17 heavy (non-hydrogen) atoms. The lowest BCUT2D eigenvalue weighted by Crippen LogP contribution is -2.39. The number of nitrogens with zero attached hydrogens (tertiary/aromatic N) is 1. The van der Waals surface area contributed by atoms with Crippen molar-refractivity contribution in [1.29, 1.82) is 0 Å². The van der Waals surface area contributed by atoms with Crippen LogP contribution >= 0.6 is 0 Å². The second-order valence-electron chi connectivity index (χ2n) is 5.76. The first-order valence-corrected chi connectivity index (χ1v) is 7.15. The van der Waals surface area contributed by atoms with Crippen LogP contribution in [-0.2, 0) is 4.79 Å². The Morgan fingerprint density at radius 3 is 2.47 bits per heavy atom. The molecular weight excluding hydrogens is 214 g/mol. The van der Waals surface area contributed by atoms with E-state index in [2.05, 4.69) is 6.92 Å². The van der Waals surface area contributed by atoms with Gasteiger partial charge in [-0.3, -0.25) is 4.79 Å². The van der Waals surface area contributed by atoms with E-state index in [1.54, 1.807) is 0 Å². The molecule has 1 unspecified atom stereocenters. The molecule has 0 spiro atoms. The molecule has 1 heterocycles. The van der Waals surface area contributed by atoms with E-state index >= 15 is 0 Å². The van der Waals surface area contributed by atoms with E-state index in [0.29, 0.717) is 12.5 Å². The smallest absolute Gasteiger partial charge is 0.223 e. The second kappa shape index (κ2) is 5.85. The maximum atomic E-state index is 11.9. The Balaban J connectivity index is 1.82. The first-order chi connectivity index (χ1) is 8.24. The van der Waals surface area contributed by atoms with Gasteiger partial charge in [0.1, 0.15) is 0 Å². The van der Waals surface area contributed by atoms with Gasteiger partial charge in [-0.25, -0.2) is 0 Å². The van der Waals surface area contributed by atoms with Crippen molar-refractivity contribution in [3.63, 3.8) is 0 Å². The molecule has 0 aromatic carbocycles. The molecule has 1 saturated carbocycles. The molecule has 1 amide bonds. The van der Waals surface area contributed by atoms with E-state index in [9.17, 15) is 4.79 Å². The zero-order valence-corrected chi connectivity index (χ0v) is 10.9. The van der Waals surface area contributed by atoms with E-state index in [0.717, 1.165) is 12.5 Å². The van der Waals surface area contributed by atoms with Gasteiger partial charge in [-0.15, -0.1) is 0 Å². The quantitative estimate of drug-likeness (QED) is 0.817. The van der Waals surface area contributed by atoms with Crippen molar-refractivity contribution in [2.75, 3.05) is 13.2 Å². The highest BCUT2D eigenvalue weighted by Gasteiger charge is 2.35. The fraction of sp³-hybridized carbons (Fsp3) is 0.929. The molecule has 3 nitrogen and oxygen atoms in total. The zero-order chi connectivity index (χ0) is 12.3. The highest BCUT2D eigenvalue weighted by molar-refractivity contribution is 5.79. The van der Waals surface area contributed by atoms with Crippen LogP contribution in [0.25, 0.3) is 0 Å². The summed E-state index contributed by atoms with van der Waals surface area (Å²) >= 11 is 0. The molecule has 2 fully saturated rings. The number of aliphatic hydroxyl groups is 1. The molecule has 0 radical (unpaired) electrons. The summed E-state index contributed by atoms with van der Waals surface area (Å²) in [5.41, 5.74) is 0. The Kier molecular flexibility index (Phi) is 4.43. The van der Waals surface area contributed by atoms with E-state index in [4.69, 9.17) is 5.11 Å². The Morgan fingerprint density at radius 1 is 1.24 bits per heavy atom. The van der Waals surface area contributed by atoms with Crippen LogP contribution in [0.3, 0.4) is 0 Å². The highest BCUT2D eigenvalue weighted by atomic mass is 16.3. The minimum absolute atomic E-state index is 0.160. The van der Waals surface area contributed by atoms with Crippen LogP contribution in [0.2, 0.25) is 0 Å².